The maximum absolute atomic E-state index is 12.6. The number of rotatable bonds is 5. The summed E-state index contributed by atoms with van der Waals surface area (Å²) in [7, 11) is 1.49. The van der Waals surface area contributed by atoms with Crippen molar-refractivity contribution < 1.29 is 19.1 Å². The summed E-state index contributed by atoms with van der Waals surface area (Å²) in [5.41, 5.74) is 1.62. The Morgan fingerprint density at radius 3 is 2.67 bits per heavy atom. The van der Waals surface area contributed by atoms with E-state index in [0.717, 1.165) is 10.9 Å². The second kappa shape index (κ2) is 6.54. The van der Waals surface area contributed by atoms with Crippen molar-refractivity contribution in [1.82, 2.24) is 9.97 Å². The number of carbonyl (C=O) groups excluding carboxylic acids is 2. The van der Waals surface area contributed by atoms with Gasteiger partial charge in [0.15, 0.2) is 6.10 Å². The van der Waals surface area contributed by atoms with E-state index >= 15 is 0 Å². The van der Waals surface area contributed by atoms with E-state index in [0.29, 0.717) is 11.4 Å². The predicted molar refractivity (Wildman–Crippen MR) is 88.3 cm³/mol. The average Bonchev–Trinajstić information content (AvgIpc) is 3.05. The molecule has 6 nitrogen and oxygen atoms in total. The lowest BCUT2D eigenvalue weighted by atomic mass is 10.1. The van der Waals surface area contributed by atoms with Crippen molar-refractivity contribution in [2.45, 2.75) is 13.0 Å². The molecule has 1 aromatic carbocycles. The van der Waals surface area contributed by atoms with Gasteiger partial charge in [0, 0.05) is 34.9 Å². The summed E-state index contributed by atoms with van der Waals surface area (Å²) < 4.78 is 10.2. The number of nitrogens with one attached hydrogen (secondary N) is 1. The first kappa shape index (κ1) is 15.7. The summed E-state index contributed by atoms with van der Waals surface area (Å²) in [4.78, 5) is 31.7. The number of benzene rings is 1. The lowest BCUT2D eigenvalue weighted by Crippen LogP contribution is -2.24. The van der Waals surface area contributed by atoms with Gasteiger partial charge in [-0.25, -0.2) is 9.78 Å². The molecule has 2 heterocycles. The van der Waals surface area contributed by atoms with Gasteiger partial charge in [-0.2, -0.15) is 0 Å². The monoisotopic (exact) mass is 324 g/mol. The second-order valence-corrected chi connectivity index (χ2v) is 5.25. The Bertz CT molecular complexity index is 883. The first-order valence-electron chi connectivity index (χ1n) is 7.41. The van der Waals surface area contributed by atoms with Gasteiger partial charge in [-0.05, 0) is 19.1 Å². The van der Waals surface area contributed by atoms with Crippen LogP contribution in [0.5, 0.6) is 5.88 Å². The smallest absolute Gasteiger partial charge is 0.340 e. The number of para-hydroxylation sites is 1. The summed E-state index contributed by atoms with van der Waals surface area (Å²) >= 11 is 0. The van der Waals surface area contributed by atoms with E-state index < -0.39 is 12.1 Å². The number of methoxy groups -OCH3 is 1. The highest BCUT2D eigenvalue weighted by atomic mass is 16.5. The van der Waals surface area contributed by atoms with Gasteiger partial charge in [-0.1, -0.05) is 18.2 Å². The van der Waals surface area contributed by atoms with Gasteiger partial charge in [-0.15, -0.1) is 0 Å². The zero-order valence-corrected chi connectivity index (χ0v) is 13.3. The van der Waals surface area contributed by atoms with E-state index in [1.54, 1.807) is 19.2 Å². The van der Waals surface area contributed by atoms with Gasteiger partial charge >= 0.3 is 5.97 Å². The minimum atomic E-state index is -0.904. The van der Waals surface area contributed by atoms with Gasteiger partial charge < -0.3 is 14.5 Å². The summed E-state index contributed by atoms with van der Waals surface area (Å²) in [6, 6.07) is 10.6. The Kier molecular flexibility index (Phi) is 4.29. The number of nitrogens with zero attached hydrogens (tertiary/aromatic N) is 1. The Morgan fingerprint density at radius 1 is 1.17 bits per heavy atom. The fraction of sp³-hybridized carbons (Fsp3) is 0.167. The molecule has 0 spiro atoms. The molecule has 3 rings (SSSR count). The Labute approximate surface area is 138 Å². The number of ketones is 1. The third-order valence-corrected chi connectivity index (χ3v) is 3.69. The van der Waals surface area contributed by atoms with Crippen LogP contribution < -0.4 is 4.74 Å². The third-order valence-electron chi connectivity index (χ3n) is 3.69. The number of carbonyl (C=O) groups is 2. The average molecular weight is 324 g/mol. The van der Waals surface area contributed by atoms with Gasteiger partial charge in [0.1, 0.15) is 0 Å². The van der Waals surface area contributed by atoms with E-state index in [-0.39, 0.29) is 11.3 Å². The molecule has 0 aliphatic rings. The molecule has 0 aliphatic heterocycles. The lowest BCUT2D eigenvalue weighted by molar-refractivity contribution is 0.0319. The van der Waals surface area contributed by atoms with Crippen LogP contribution in [0, 0.1) is 0 Å². The quantitative estimate of drug-likeness (QED) is 0.576. The molecular weight excluding hydrogens is 308 g/mol. The summed E-state index contributed by atoms with van der Waals surface area (Å²) in [6.45, 7) is 1.55. The van der Waals surface area contributed by atoms with E-state index in [1.165, 1.54) is 19.4 Å². The topological polar surface area (TPSA) is 81.3 Å². The van der Waals surface area contributed by atoms with Crippen LogP contribution in [0.25, 0.3) is 10.9 Å². The minimum absolute atomic E-state index is 0.259. The first-order chi connectivity index (χ1) is 11.6. The van der Waals surface area contributed by atoms with Crippen LogP contribution in [0.4, 0.5) is 0 Å². The van der Waals surface area contributed by atoms with Crippen LogP contribution in [0.15, 0.2) is 48.8 Å². The lowest BCUT2D eigenvalue weighted by Gasteiger charge is -2.12. The maximum Gasteiger partial charge on any atom is 0.340 e. The van der Waals surface area contributed by atoms with E-state index in [1.807, 2.05) is 24.3 Å². The van der Waals surface area contributed by atoms with Gasteiger partial charge in [0.2, 0.25) is 11.7 Å². The number of fused-ring (bicyclic) bond motifs is 1. The van der Waals surface area contributed by atoms with E-state index in [9.17, 15) is 9.59 Å². The molecule has 3 aromatic rings. The highest BCUT2D eigenvalue weighted by Gasteiger charge is 2.23. The number of aromatic nitrogens is 2. The molecule has 1 N–H and O–H groups in total. The van der Waals surface area contributed by atoms with Crippen molar-refractivity contribution in [2.24, 2.45) is 0 Å². The van der Waals surface area contributed by atoms with Crippen LogP contribution in [0.2, 0.25) is 0 Å². The molecule has 0 bridgehead atoms. The zero-order chi connectivity index (χ0) is 17.1. The number of pyridine rings is 1. The molecule has 0 saturated heterocycles. The fourth-order valence-electron chi connectivity index (χ4n) is 2.40. The molecule has 122 valence electrons. The molecule has 0 amide bonds. The van der Waals surface area contributed by atoms with Gasteiger partial charge in [0.25, 0.3) is 0 Å². The number of hydrogen-bond acceptors (Lipinski definition) is 5. The van der Waals surface area contributed by atoms with Crippen molar-refractivity contribution in [3.8, 4) is 5.88 Å². The van der Waals surface area contributed by atoms with Crippen molar-refractivity contribution in [3.63, 3.8) is 0 Å². The number of hydrogen-bond donors (Lipinski definition) is 1. The fourth-order valence-corrected chi connectivity index (χ4v) is 2.40. The number of Topliss-reactive ketones (excluding diaryl/α,β-unsaturated/α-hetero) is 1. The minimum Gasteiger partial charge on any atom is -0.481 e. The second-order valence-electron chi connectivity index (χ2n) is 5.25. The van der Waals surface area contributed by atoms with E-state index in [2.05, 4.69) is 9.97 Å². The molecule has 0 fully saturated rings. The predicted octanol–water partition coefficient (Wildman–Crippen LogP) is 3.00. The molecule has 2 aromatic heterocycles. The molecule has 0 radical (unpaired) electrons. The van der Waals surface area contributed by atoms with Gasteiger partial charge in [0.05, 0.1) is 12.7 Å². The van der Waals surface area contributed by atoms with Gasteiger partial charge in [-0.3, -0.25) is 4.79 Å². The molecule has 6 heteroatoms. The number of H-pyrrole nitrogens is 1. The van der Waals surface area contributed by atoms with Crippen LogP contribution in [-0.2, 0) is 4.74 Å². The largest absolute Gasteiger partial charge is 0.481 e. The molecule has 0 aliphatic carbocycles. The van der Waals surface area contributed by atoms with Crippen molar-refractivity contribution in [3.05, 3.63) is 59.9 Å². The van der Waals surface area contributed by atoms with Crippen LogP contribution in [0.1, 0.15) is 27.6 Å². The number of aromatic amines is 1. The normalized spacial score (nSPS) is 11.9. The molecule has 0 unspecified atom stereocenters. The number of esters is 1. The summed E-state index contributed by atoms with van der Waals surface area (Å²) in [6.07, 6.45) is 2.08. The standard InChI is InChI=1S/C18H16N2O4/c1-11(24-18(22)12-7-8-16(23-2)20-9-12)17(21)14-10-19-15-6-4-3-5-13(14)15/h3-11,19H,1-2H3/t11-/m0/s1. The van der Waals surface area contributed by atoms with Crippen molar-refractivity contribution in [1.29, 1.82) is 0 Å². The van der Waals surface area contributed by atoms with Crippen molar-refractivity contribution in [2.75, 3.05) is 7.11 Å². The third kappa shape index (κ3) is 2.99. The zero-order valence-electron chi connectivity index (χ0n) is 13.3. The van der Waals surface area contributed by atoms with E-state index in [4.69, 9.17) is 9.47 Å². The van der Waals surface area contributed by atoms with Crippen LogP contribution >= 0.6 is 0 Å². The Morgan fingerprint density at radius 2 is 1.96 bits per heavy atom. The first-order valence-corrected chi connectivity index (χ1v) is 7.41. The highest BCUT2D eigenvalue weighted by molar-refractivity contribution is 6.10. The highest BCUT2D eigenvalue weighted by Crippen LogP contribution is 2.20. The van der Waals surface area contributed by atoms with Crippen LogP contribution in [-0.4, -0.2) is 34.9 Å². The van der Waals surface area contributed by atoms with Crippen LogP contribution in [0.3, 0.4) is 0 Å². The molecule has 0 saturated carbocycles. The molecule has 24 heavy (non-hydrogen) atoms. The Hall–Kier alpha value is -3.15. The maximum atomic E-state index is 12.6. The Balaban J connectivity index is 1.74. The van der Waals surface area contributed by atoms with Crippen molar-refractivity contribution >= 4 is 22.7 Å². The molecular formula is C18H16N2O4. The summed E-state index contributed by atoms with van der Waals surface area (Å²) in [5.74, 6) is -0.470. The SMILES string of the molecule is COc1ccc(C(=O)O[C@@H](C)C(=O)c2c[nH]c3ccccc23)cn1. The number of ether oxygens (including phenoxy) is 2. The summed E-state index contributed by atoms with van der Waals surface area (Å²) in [5, 5.41) is 0.802. The molecule has 1 atom stereocenters.